The maximum absolute atomic E-state index is 13.3. The number of rotatable bonds is 5. The quantitative estimate of drug-likeness (QED) is 0.888. The second kappa shape index (κ2) is 8.08. The lowest BCUT2D eigenvalue weighted by molar-refractivity contribution is 0.0718. The van der Waals surface area contributed by atoms with Gasteiger partial charge in [0.1, 0.15) is 5.82 Å². The molecule has 1 N–H and O–H groups in total. The van der Waals surface area contributed by atoms with Crippen LogP contribution in [0.3, 0.4) is 0 Å². The number of carbonyl (C=O) groups excluding carboxylic acids is 1. The fourth-order valence-electron chi connectivity index (χ4n) is 3.19. The molecule has 0 aliphatic carbocycles. The molecule has 1 aliphatic rings. The third-order valence-corrected chi connectivity index (χ3v) is 4.61. The van der Waals surface area contributed by atoms with Crippen LogP contribution in [0.4, 0.5) is 10.1 Å². The lowest BCUT2D eigenvalue weighted by Gasteiger charge is -2.33. The van der Waals surface area contributed by atoms with Crippen molar-refractivity contribution in [2.45, 2.75) is 18.9 Å². The first-order chi connectivity index (χ1) is 12.6. The number of nitrogens with one attached hydrogen (secondary N) is 1. The van der Waals surface area contributed by atoms with Crippen LogP contribution in [0.2, 0.25) is 0 Å². The molecular formula is C20H23FN2O3. The molecule has 6 heteroatoms. The molecule has 0 saturated carbocycles. The normalized spacial score (nSPS) is 14.8. The number of piperidine rings is 1. The molecule has 0 atom stereocenters. The maximum Gasteiger partial charge on any atom is 0.253 e. The van der Waals surface area contributed by atoms with E-state index in [0.717, 1.165) is 18.5 Å². The summed E-state index contributed by atoms with van der Waals surface area (Å²) in [5, 5.41) is 3.34. The molecule has 0 bridgehead atoms. The first-order valence-corrected chi connectivity index (χ1v) is 8.64. The highest BCUT2D eigenvalue weighted by Crippen LogP contribution is 2.28. The van der Waals surface area contributed by atoms with Crippen molar-refractivity contribution in [3.8, 4) is 11.5 Å². The number of hydrogen-bond acceptors (Lipinski definition) is 4. The van der Waals surface area contributed by atoms with Crippen molar-refractivity contribution in [2.75, 3.05) is 32.6 Å². The Kier molecular flexibility index (Phi) is 5.61. The highest BCUT2D eigenvalue weighted by molar-refractivity contribution is 5.95. The van der Waals surface area contributed by atoms with Gasteiger partial charge in [0.05, 0.1) is 14.2 Å². The summed E-state index contributed by atoms with van der Waals surface area (Å²) < 4.78 is 23.8. The fourth-order valence-corrected chi connectivity index (χ4v) is 3.19. The number of benzene rings is 2. The van der Waals surface area contributed by atoms with Crippen LogP contribution >= 0.6 is 0 Å². The summed E-state index contributed by atoms with van der Waals surface area (Å²) >= 11 is 0. The Labute approximate surface area is 152 Å². The van der Waals surface area contributed by atoms with Gasteiger partial charge in [-0.05, 0) is 49.2 Å². The van der Waals surface area contributed by atoms with E-state index < -0.39 is 0 Å². The molecule has 26 heavy (non-hydrogen) atoms. The summed E-state index contributed by atoms with van der Waals surface area (Å²) in [5.74, 6) is 0.870. The summed E-state index contributed by atoms with van der Waals surface area (Å²) in [6.45, 7) is 1.31. The van der Waals surface area contributed by atoms with Crippen molar-refractivity contribution in [1.29, 1.82) is 0 Å². The Hall–Kier alpha value is -2.76. The molecule has 5 nitrogen and oxygen atoms in total. The fraction of sp³-hybridized carbons (Fsp3) is 0.350. The van der Waals surface area contributed by atoms with Gasteiger partial charge in [0.2, 0.25) is 0 Å². The van der Waals surface area contributed by atoms with Gasteiger partial charge in [-0.3, -0.25) is 4.79 Å². The average Bonchev–Trinajstić information content (AvgIpc) is 2.67. The number of methoxy groups -OCH3 is 2. The van der Waals surface area contributed by atoms with E-state index in [9.17, 15) is 9.18 Å². The van der Waals surface area contributed by atoms with Crippen LogP contribution in [0, 0.1) is 5.82 Å². The Morgan fingerprint density at radius 2 is 1.81 bits per heavy atom. The molecule has 1 heterocycles. The number of anilines is 1. The van der Waals surface area contributed by atoms with Crippen molar-refractivity contribution in [3.63, 3.8) is 0 Å². The van der Waals surface area contributed by atoms with Crippen molar-refractivity contribution in [1.82, 2.24) is 4.90 Å². The minimum absolute atomic E-state index is 0.0184. The molecule has 0 unspecified atom stereocenters. The van der Waals surface area contributed by atoms with E-state index >= 15 is 0 Å². The number of carbonyl (C=O) groups is 1. The molecule has 1 saturated heterocycles. The summed E-state index contributed by atoms with van der Waals surface area (Å²) in [7, 11) is 3.12. The van der Waals surface area contributed by atoms with Crippen LogP contribution in [0.25, 0.3) is 0 Å². The summed E-state index contributed by atoms with van der Waals surface area (Å²) in [6, 6.07) is 11.9. The molecule has 2 aromatic carbocycles. The largest absolute Gasteiger partial charge is 0.493 e. The number of ether oxygens (including phenoxy) is 2. The zero-order valence-electron chi connectivity index (χ0n) is 15.0. The molecule has 2 aromatic rings. The van der Waals surface area contributed by atoms with Gasteiger partial charge in [-0.25, -0.2) is 4.39 Å². The predicted octanol–water partition coefficient (Wildman–Crippen LogP) is 3.56. The molecule has 1 aliphatic heterocycles. The Morgan fingerprint density at radius 3 is 2.46 bits per heavy atom. The third-order valence-electron chi connectivity index (χ3n) is 4.61. The van der Waals surface area contributed by atoms with E-state index in [1.54, 1.807) is 38.5 Å². The summed E-state index contributed by atoms with van der Waals surface area (Å²) in [5.41, 5.74) is 1.36. The highest BCUT2D eigenvalue weighted by Gasteiger charge is 2.24. The standard InChI is InChI=1S/C20H23FN2O3/c1-25-18-7-6-14(12-19(18)26-2)20(24)23-10-8-16(9-11-23)22-17-5-3-4-15(21)13-17/h3-7,12-13,16,22H,8-11H2,1-2H3. The van der Waals surface area contributed by atoms with Crippen LogP contribution in [0.5, 0.6) is 11.5 Å². The van der Waals surface area contributed by atoms with Gasteiger partial charge < -0.3 is 19.7 Å². The molecule has 0 aromatic heterocycles. The first kappa shape index (κ1) is 18.0. The third kappa shape index (κ3) is 4.07. The van der Waals surface area contributed by atoms with Gasteiger partial charge in [-0.15, -0.1) is 0 Å². The Morgan fingerprint density at radius 1 is 1.08 bits per heavy atom. The Balaban J connectivity index is 1.60. The first-order valence-electron chi connectivity index (χ1n) is 8.64. The lowest BCUT2D eigenvalue weighted by atomic mass is 10.0. The van der Waals surface area contributed by atoms with E-state index in [1.165, 1.54) is 12.1 Å². The number of likely N-dealkylation sites (tertiary alicyclic amines) is 1. The number of halogens is 1. The van der Waals surface area contributed by atoms with E-state index in [4.69, 9.17) is 9.47 Å². The maximum atomic E-state index is 13.3. The van der Waals surface area contributed by atoms with Crippen molar-refractivity contribution in [3.05, 3.63) is 53.8 Å². The molecular weight excluding hydrogens is 335 g/mol. The molecule has 0 spiro atoms. The molecule has 0 radical (unpaired) electrons. The zero-order valence-corrected chi connectivity index (χ0v) is 15.0. The van der Waals surface area contributed by atoms with Crippen LogP contribution in [0.15, 0.2) is 42.5 Å². The second-order valence-corrected chi connectivity index (χ2v) is 6.29. The van der Waals surface area contributed by atoms with Crippen molar-refractivity contribution in [2.24, 2.45) is 0 Å². The van der Waals surface area contributed by atoms with Crippen LogP contribution in [-0.4, -0.2) is 44.2 Å². The van der Waals surface area contributed by atoms with Gasteiger partial charge in [-0.1, -0.05) is 6.07 Å². The van der Waals surface area contributed by atoms with Crippen molar-refractivity contribution < 1.29 is 18.7 Å². The highest BCUT2D eigenvalue weighted by atomic mass is 19.1. The van der Waals surface area contributed by atoms with Crippen LogP contribution in [0.1, 0.15) is 23.2 Å². The minimum atomic E-state index is -0.254. The van der Waals surface area contributed by atoms with Crippen LogP contribution in [-0.2, 0) is 0 Å². The van der Waals surface area contributed by atoms with E-state index in [2.05, 4.69) is 5.32 Å². The molecule has 1 amide bonds. The lowest BCUT2D eigenvalue weighted by Crippen LogP contribution is -2.42. The summed E-state index contributed by atoms with van der Waals surface area (Å²) in [4.78, 5) is 14.6. The predicted molar refractivity (Wildman–Crippen MR) is 98.5 cm³/mol. The smallest absolute Gasteiger partial charge is 0.253 e. The van der Waals surface area contributed by atoms with E-state index in [-0.39, 0.29) is 17.8 Å². The van der Waals surface area contributed by atoms with Gasteiger partial charge in [0.15, 0.2) is 11.5 Å². The van der Waals surface area contributed by atoms with Crippen LogP contribution < -0.4 is 14.8 Å². The van der Waals surface area contributed by atoms with Gasteiger partial charge in [-0.2, -0.15) is 0 Å². The van der Waals surface area contributed by atoms with E-state index in [1.807, 2.05) is 11.0 Å². The van der Waals surface area contributed by atoms with Gasteiger partial charge >= 0.3 is 0 Å². The second-order valence-electron chi connectivity index (χ2n) is 6.29. The topological polar surface area (TPSA) is 50.8 Å². The molecule has 3 rings (SSSR count). The Bertz CT molecular complexity index is 773. The van der Waals surface area contributed by atoms with E-state index in [0.29, 0.717) is 30.2 Å². The average molecular weight is 358 g/mol. The van der Waals surface area contributed by atoms with Gasteiger partial charge in [0.25, 0.3) is 5.91 Å². The SMILES string of the molecule is COc1ccc(C(=O)N2CCC(Nc3cccc(F)c3)CC2)cc1OC. The monoisotopic (exact) mass is 358 g/mol. The molecule has 138 valence electrons. The van der Waals surface area contributed by atoms with Crippen molar-refractivity contribution >= 4 is 11.6 Å². The molecule has 1 fully saturated rings. The number of hydrogen-bond donors (Lipinski definition) is 1. The zero-order chi connectivity index (χ0) is 18.5. The minimum Gasteiger partial charge on any atom is -0.493 e. The number of amides is 1. The summed E-state index contributed by atoms with van der Waals surface area (Å²) in [6.07, 6.45) is 1.63. The number of nitrogens with zero attached hydrogens (tertiary/aromatic N) is 1. The van der Waals surface area contributed by atoms with Gasteiger partial charge in [0, 0.05) is 30.4 Å².